The van der Waals surface area contributed by atoms with Crippen LogP contribution in [0, 0.1) is 0 Å². The van der Waals surface area contributed by atoms with Crippen molar-refractivity contribution in [3.8, 4) is 11.5 Å². The number of halogens is 1. The molecule has 1 aliphatic carbocycles. The van der Waals surface area contributed by atoms with E-state index < -0.39 is 0 Å². The van der Waals surface area contributed by atoms with Crippen LogP contribution in [0.4, 0.5) is 0 Å². The molecule has 0 unspecified atom stereocenters. The molecule has 0 bridgehead atoms. The van der Waals surface area contributed by atoms with Crippen molar-refractivity contribution < 1.29 is 18.9 Å². The highest BCUT2D eigenvalue weighted by molar-refractivity contribution is 9.11. The van der Waals surface area contributed by atoms with Crippen molar-refractivity contribution in [2.24, 2.45) is 0 Å². The maximum absolute atomic E-state index is 5.79. The molecule has 1 aromatic rings. The minimum Gasteiger partial charge on any atom is -0.454 e. The normalized spacial score (nSPS) is 31.8. The van der Waals surface area contributed by atoms with Crippen LogP contribution in [0.5, 0.6) is 11.5 Å². The standard InChI is InChI=1S/C17H20BrNO4/c1-20-9-21-14-7-16-17(4-5-19-16,8-12(14)18)11-2-3-13-15(6-11)23-10-22-13/h2-3,6,8,14,16,19H,4-5,7,9-10H2,1H3/t14-,16+,17-/m1/s1. The van der Waals surface area contributed by atoms with Gasteiger partial charge < -0.3 is 24.3 Å². The molecule has 0 radical (unpaired) electrons. The Morgan fingerprint density at radius 1 is 1.35 bits per heavy atom. The zero-order valence-electron chi connectivity index (χ0n) is 13.0. The zero-order chi connectivity index (χ0) is 15.9. The summed E-state index contributed by atoms with van der Waals surface area (Å²) >= 11 is 3.71. The predicted octanol–water partition coefficient (Wildman–Crippen LogP) is 2.69. The molecule has 1 N–H and O–H groups in total. The van der Waals surface area contributed by atoms with Crippen LogP contribution in [0.25, 0.3) is 0 Å². The van der Waals surface area contributed by atoms with Crippen LogP contribution in [0.2, 0.25) is 0 Å². The summed E-state index contributed by atoms with van der Waals surface area (Å²) in [6.45, 7) is 1.60. The van der Waals surface area contributed by atoms with Crippen LogP contribution in [0.15, 0.2) is 28.8 Å². The number of fused-ring (bicyclic) bond motifs is 2. The number of ether oxygens (including phenoxy) is 4. The highest BCUT2D eigenvalue weighted by atomic mass is 79.9. The molecule has 3 aliphatic rings. The molecule has 3 atom stereocenters. The lowest BCUT2D eigenvalue weighted by atomic mass is 9.69. The van der Waals surface area contributed by atoms with Crippen molar-refractivity contribution >= 4 is 15.9 Å². The van der Waals surface area contributed by atoms with Gasteiger partial charge in [-0.1, -0.05) is 28.1 Å². The van der Waals surface area contributed by atoms with Gasteiger partial charge in [0, 0.05) is 23.0 Å². The molecule has 0 spiro atoms. The monoisotopic (exact) mass is 381 g/mol. The van der Waals surface area contributed by atoms with Crippen LogP contribution in [0.1, 0.15) is 18.4 Å². The zero-order valence-corrected chi connectivity index (χ0v) is 14.6. The number of methoxy groups -OCH3 is 1. The largest absolute Gasteiger partial charge is 0.454 e. The van der Waals surface area contributed by atoms with Crippen molar-refractivity contribution in [2.45, 2.75) is 30.4 Å². The molecule has 2 aliphatic heterocycles. The van der Waals surface area contributed by atoms with Crippen LogP contribution in [-0.4, -0.2) is 39.4 Å². The predicted molar refractivity (Wildman–Crippen MR) is 89.0 cm³/mol. The van der Waals surface area contributed by atoms with E-state index in [0.717, 1.165) is 35.4 Å². The highest BCUT2D eigenvalue weighted by Gasteiger charge is 2.47. The summed E-state index contributed by atoms with van der Waals surface area (Å²) in [7, 11) is 1.64. The second-order valence-electron chi connectivity index (χ2n) is 6.19. The Kier molecular flexibility index (Phi) is 4.09. The van der Waals surface area contributed by atoms with Gasteiger partial charge in [-0.05, 0) is 37.1 Å². The Bertz CT molecular complexity index is 635. The molecular formula is C17H20BrNO4. The first kappa shape index (κ1) is 15.4. The molecule has 1 aromatic carbocycles. The summed E-state index contributed by atoms with van der Waals surface area (Å²) in [5.74, 6) is 1.66. The number of hydrogen-bond donors (Lipinski definition) is 1. The first-order chi connectivity index (χ1) is 11.2. The third-order valence-corrected chi connectivity index (χ3v) is 5.74. The Morgan fingerprint density at radius 2 is 2.22 bits per heavy atom. The fraction of sp³-hybridized carbons (Fsp3) is 0.529. The summed E-state index contributed by atoms with van der Waals surface area (Å²) < 4.78 is 22.9. The van der Waals surface area contributed by atoms with Gasteiger partial charge in [-0.25, -0.2) is 0 Å². The fourth-order valence-corrected chi connectivity index (χ4v) is 4.58. The van der Waals surface area contributed by atoms with Crippen molar-refractivity contribution in [3.63, 3.8) is 0 Å². The van der Waals surface area contributed by atoms with Gasteiger partial charge in [0.05, 0.1) is 6.10 Å². The van der Waals surface area contributed by atoms with Gasteiger partial charge in [0.15, 0.2) is 11.5 Å². The molecular weight excluding hydrogens is 362 g/mol. The molecule has 0 saturated carbocycles. The lowest BCUT2D eigenvalue weighted by molar-refractivity contribution is -0.0637. The van der Waals surface area contributed by atoms with Crippen molar-refractivity contribution in [3.05, 3.63) is 34.3 Å². The molecule has 1 saturated heterocycles. The molecule has 0 amide bonds. The summed E-state index contributed by atoms with van der Waals surface area (Å²) in [5.41, 5.74) is 1.23. The van der Waals surface area contributed by atoms with Crippen LogP contribution < -0.4 is 14.8 Å². The van der Waals surface area contributed by atoms with Gasteiger partial charge in [-0.3, -0.25) is 0 Å². The topological polar surface area (TPSA) is 49.0 Å². The Morgan fingerprint density at radius 3 is 3.09 bits per heavy atom. The summed E-state index contributed by atoms with van der Waals surface area (Å²) in [4.78, 5) is 0. The molecule has 0 aromatic heterocycles. The lowest BCUT2D eigenvalue weighted by Gasteiger charge is -2.39. The van der Waals surface area contributed by atoms with Gasteiger partial charge in [0.25, 0.3) is 0 Å². The SMILES string of the molecule is COCO[C@@H]1C[C@@H]2NCC[C@]2(c2ccc3c(c2)OCO3)C=C1Br. The van der Waals surface area contributed by atoms with E-state index >= 15 is 0 Å². The van der Waals surface area contributed by atoms with Crippen molar-refractivity contribution in [1.82, 2.24) is 5.32 Å². The van der Waals surface area contributed by atoms with E-state index in [1.807, 2.05) is 6.07 Å². The Hall–Kier alpha value is -1.08. The van der Waals surface area contributed by atoms with E-state index in [-0.39, 0.29) is 11.5 Å². The number of rotatable bonds is 4. The first-order valence-corrected chi connectivity index (χ1v) is 8.64. The third kappa shape index (κ3) is 2.58. The van der Waals surface area contributed by atoms with E-state index in [4.69, 9.17) is 18.9 Å². The van der Waals surface area contributed by atoms with Gasteiger partial charge >= 0.3 is 0 Å². The second kappa shape index (κ2) is 6.09. The minimum atomic E-state index is -0.0350. The second-order valence-corrected chi connectivity index (χ2v) is 7.11. The maximum atomic E-state index is 5.79. The molecule has 124 valence electrons. The fourth-order valence-electron chi connectivity index (χ4n) is 3.85. The molecule has 4 rings (SSSR count). The van der Waals surface area contributed by atoms with E-state index in [1.54, 1.807) is 7.11 Å². The Balaban J connectivity index is 1.69. The average Bonchev–Trinajstić information content (AvgIpc) is 3.18. The summed E-state index contributed by atoms with van der Waals surface area (Å²) in [5, 5.41) is 3.63. The van der Waals surface area contributed by atoms with E-state index in [2.05, 4.69) is 39.5 Å². The highest BCUT2D eigenvalue weighted by Crippen LogP contribution is 2.47. The molecule has 2 heterocycles. The molecule has 6 heteroatoms. The van der Waals surface area contributed by atoms with Crippen molar-refractivity contribution in [1.29, 1.82) is 0 Å². The van der Waals surface area contributed by atoms with Gasteiger partial charge in [0.2, 0.25) is 6.79 Å². The van der Waals surface area contributed by atoms with Crippen LogP contribution in [0.3, 0.4) is 0 Å². The van der Waals surface area contributed by atoms with Crippen LogP contribution >= 0.6 is 15.9 Å². The molecule has 5 nitrogen and oxygen atoms in total. The van der Waals surface area contributed by atoms with Crippen molar-refractivity contribution in [2.75, 3.05) is 27.2 Å². The quantitative estimate of drug-likeness (QED) is 0.812. The van der Waals surface area contributed by atoms with E-state index in [1.165, 1.54) is 5.56 Å². The number of hydrogen-bond acceptors (Lipinski definition) is 5. The van der Waals surface area contributed by atoms with E-state index in [0.29, 0.717) is 19.6 Å². The number of benzene rings is 1. The van der Waals surface area contributed by atoms with Gasteiger partial charge in [-0.15, -0.1) is 0 Å². The number of nitrogens with one attached hydrogen (secondary N) is 1. The maximum Gasteiger partial charge on any atom is 0.231 e. The van der Waals surface area contributed by atoms with Gasteiger partial charge in [-0.2, -0.15) is 0 Å². The van der Waals surface area contributed by atoms with Crippen LogP contribution in [-0.2, 0) is 14.9 Å². The summed E-state index contributed by atoms with van der Waals surface area (Å²) in [6, 6.07) is 6.62. The summed E-state index contributed by atoms with van der Waals surface area (Å²) in [6.07, 6.45) is 4.31. The molecule has 1 fully saturated rings. The Labute approximate surface area is 144 Å². The third-order valence-electron chi connectivity index (χ3n) is 5.00. The first-order valence-electron chi connectivity index (χ1n) is 7.85. The smallest absolute Gasteiger partial charge is 0.231 e. The average molecular weight is 382 g/mol. The minimum absolute atomic E-state index is 0.0349. The molecule has 23 heavy (non-hydrogen) atoms. The van der Waals surface area contributed by atoms with Gasteiger partial charge in [0.1, 0.15) is 6.79 Å². The lowest BCUT2D eigenvalue weighted by Crippen LogP contribution is -2.45. The van der Waals surface area contributed by atoms with E-state index in [9.17, 15) is 0 Å².